The first-order valence-corrected chi connectivity index (χ1v) is 6.36. The summed E-state index contributed by atoms with van der Waals surface area (Å²) in [5, 5.41) is 6.93. The van der Waals surface area contributed by atoms with Crippen molar-refractivity contribution in [2.75, 3.05) is 17.7 Å². The summed E-state index contributed by atoms with van der Waals surface area (Å²) in [6.07, 6.45) is 0. The molecule has 20 heavy (non-hydrogen) atoms. The Hall–Kier alpha value is -2.50. The van der Waals surface area contributed by atoms with Crippen LogP contribution in [0.5, 0.6) is 5.75 Å². The monoisotopic (exact) mass is 274 g/mol. The number of hydrogen-bond donors (Lipinski definition) is 2. The first kappa shape index (κ1) is 13.9. The van der Waals surface area contributed by atoms with Crippen LogP contribution in [0.4, 0.5) is 11.4 Å². The quantitative estimate of drug-likeness (QED) is 0.893. The minimum atomic E-state index is -0.308. The Morgan fingerprint density at radius 3 is 2.75 bits per heavy atom. The van der Waals surface area contributed by atoms with Crippen LogP contribution in [0.15, 0.2) is 24.3 Å². The molecule has 0 aliphatic heterocycles. The van der Waals surface area contributed by atoms with E-state index in [1.165, 1.54) is 4.68 Å². The predicted molar refractivity (Wildman–Crippen MR) is 77.9 cm³/mol. The minimum Gasteiger partial charge on any atom is -0.492 e. The molecule has 0 aliphatic rings. The van der Waals surface area contributed by atoms with E-state index < -0.39 is 0 Å². The molecule has 0 spiro atoms. The van der Waals surface area contributed by atoms with Crippen molar-refractivity contribution in [3.63, 3.8) is 0 Å². The van der Waals surface area contributed by atoms with Gasteiger partial charge in [-0.25, -0.2) is 0 Å². The number of rotatable bonds is 4. The molecule has 0 aliphatic carbocycles. The van der Waals surface area contributed by atoms with Gasteiger partial charge in [0, 0.05) is 7.05 Å². The highest BCUT2D eigenvalue weighted by molar-refractivity contribution is 6.07. The fourth-order valence-electron chi connectivity index (χ4n) is 1.98. The Morgan fingerprint density at radius 1 is 1.45 bits per heavy atom. The second-order valence-electron chi connectivity index (χ2n) is 4.35. The molecule has 0 bridgehead atoms. The molecule has 0 fully saturated rings. The van der Waals surface area contributed by atoms with E-state index in [1.807, 2.05) is 19.1 Å². The van der Waals surface area contributed by atoms with Crippen LogP contribution in [-0.2, 0) is 7.05 Å². The third kappa shape index (κ3) is 2.59. The summed E-state index contributed by atoms with van der Waals surface area (Å²) in [5.74, 6) is 0.318. The molecule has 1 amide bonds. The number of nitrogens with two attached hydrogens (primary N) is 1. The van der Waals surface area contributed by atoms with Gasteiger partial charge in [-0.1, -0.05) is 12.1 Å². The molecular formula is C14H18N4O2. The standard InChI is InChI=1S/C14H18N4O2/c1-4-20-11-8-6-5-7-10(11)16-14(19)13-12(15)9(2)17-18(13)3/h5-8H,4,15H2,1-3H3,(H,16,19). The molecule has 6 nitrogen and oxygen atoms in total. The second kappa shape index (κ2) is 5.64. The fourth-order valence-corrected chi connectivity index (χ4v) is 1.98. The first-order valence-electron chi connectivity index (χ1n) is 6.36. The van der Waals surface area contributed by atoms with Crippen LogP contribution in [0, 0.1) is 6.92 Å². The van der Waals surface area contributed by atoms with E-state index in [1.54, 1.807) is 26.1 Å². The van der Waals surface area contributed by atoms with Gasteiger partial charge < -0.3 is 15.8 Å². The average Bonchev–Trinajstić information content (AvgIpc) is 2.66. The number of nitrogens with zero attached hydrogens (tertiary/aromatic N) is 2. The van der Waals surface area contributed by atoms with E-state index in [9.17, 15) is 4.79 Å². The minimum absolute atomic E-state index is 0.308. The number of para-hydroxylation sites is 2. The van der Waals surface area contributed by atoms with Crippen LogP contribution >= 0.6 is 0 Å². The molecule has 0 unspecified atom stereocenters. The average molecular weight is 274 g/mol. The van der Waals surface area contributed by atoms with Crippen LogP contribution in [0.2, 0.25) is 0 Å². The van der Waals surface area contributed by atoms with Gasteiger partial charge in [0.25, 0.3) is 5.91 Å². The molecule has 1 heterocycles. The third-order valence-electron chi connectivity index (χ3n) is 2.92. The maximum Gasteiger partial charge on any atom is 0.276 e. The van der Waals surface area contributed by atoms with Crippen LogP contribution < -0.4 is 15.8 Å². The zero-order chi connectivity index (χ0) is 14.7. The summed E-state index contributed by atoms with van der Waals surface area (Å²) in [7, 11) is 1.69. The van der Waals surface area contributed by atoms with Gasteiger partial charge in [-0.05, 0) is 26.0 Å². The van der Waals surface area contributed by atoms with Crippen molar-refractivity contribution in [1.82, 2.24) is 9.78 Å². The zero-order valence-electron chi connectivity index (χ0n) is 11.8. The first-order chi connectivity index (χ1) is 9.54. The number of aryl methyl sites for hydroxylation is 2. The van der Waals surface area contributed by atoms with Crippen LogP contribution in [-0.4, -0.2) is 22.3 Å². The van der Waals surface area contributed by atoms with Gasteiger partial charge in [0.05, 0.1) is 23.7 Å². The Balaban J connectivity index is 2.28. The normalized spacial score (nSPS) is 10.3. The maximum absolute atomic E-state index is 12.3. The van der Waals surface area contributed by atoms with E-state index in [4.69, 9.17) is 10.5 Å². The molecule has 6 heteroatoms. The van der Waals surface area contributed by atoms with Crippen LogP contribution in [0.3, 0.4) is 0 Å². The number of ether oxygens (including phenoxy) is 1. The number of carbonyl (C=O) groups excluding carboxylic acids is 1. The lowest BCUT2D eigenvalue weighted by molar-refractivity contribution is 0.101. The van der Waals surface area contributed by atoms with Crippen LogP contribution in [0.1, 0.15) is 23.1 Å². The van der Waals surface area contributed by atoms with Crippen molar-refractivity contribution < 1.29 is 9.53 Å². The Labute approximate surface area is 117 Å². The molecule has 3 N–H and O–H groups in total. The van der Waals surface area contributed by atoms with Gasteiger partial charge in [-0.3, -0.25) is 9.48 Å². The topological polar surface area (TPSA) is 82.2 Å². The summed E-state index contributed by atoms with van der Waals surface area (Å²) in [6, 6.07) is 7.26. The number of benzene rings is 1. The van der Waals surface area contributed by atoms with Crippen molar-refractivity contribution in [2.24, 2.45) is 7.05 Å². The van der Waals surface area contributed by atoms with E-state index in [2.05, 4.69) is 10.4 Å². The highest BCUT2D eigenvalue weighted by atomic mass is 16.5. The SMILES string of the molecule is CCOc1ccccc1NC(=O)c1c(N)c(C)nn1C. The van der Waals surface area contributed by atoms with Crippen molar-refractivity contribution in [3.05, 3.63) is 35.7 Å². The van der Waals surface area contributed by atoms with E-state index in [-0.39, 0.29) is 5.91 Å². The van der Waals surface area contributed by atoms with Crippen molar-refractivity contribution in [3.8, 4) is 5.75 Å². The Kier molecular flexibility index (Phi) is 3.93. The molecular weight excluding hydrogens is 256 g/mol. The Morgan fingerprint density at radius 2 is 2.15 bits per heavy atom. The number of anilines is 2. The molecule has 0 atom stereocenters. The molecule has 0 saturated carbocycles. The van der Waals surface area contributed by atoms with Crippen molar-refractivity contribution in [2.45, 2.75) is 13.8 Å². The van der Waals surface area contributed by atoms with Gasteiger partial charge >= 0.3 is 0 Å². The molecule has 0 saturated heterocycles. The summed E-state index contributed by atoms with van der Waals surface area (Å²) in [5.41, 5.74) is 7.85. The van der Waals surface area contributed by atoms with Crippen LogP contribution in [0.25, 0.3) is 0 Å². The lowest BCUT2D eigenvalue weighted by Gasteiger charge is -2.11. The van der Waals surface area contributed by atoms with Gasteiger partial charge in [0.1, 0.15) is 11.4 Å². The smallest absolute Gasteiger partial charge is 0.276 e. The number of amides is 1. The number of nitrogens with one attached hydrogen (secondary N) is 1. The lowest BCUT2D eigenvalue weighted by Crippen LogP contribution is -2.18. The highest BCUT2D eigenvalue weighted by Crippen LogP contribution is 2.25. The number of aromatic nitrogens is 2. The van der Waals surface area contributed by atoms with E-state index in [0.717, 1.165) is 0 Å². The fraction of sp³-hybridized carbons (Fsp3) is 0.286. The highest BCUT2D eigenvalue weighted by Gasteiger charge is 2.19. The number of nitrogen functional groups attached to an aromatic ring is 1. The summed E-state index contributed by atoms with van der Waals surface area (Å²) >= 11 is 0. The van der Waals surface area contributed by atoms with E-state index >= 15 is 0 Å². The van der Waals surface area contributed by atoms with E-state index in [0.29, 0.717) is 35.1 Å². The van der Waals surface area contributed by atoms with Gasteiger partial charge in [-0.2, -0.15) is 5.10 Å². The molecule has 106 valence electrons. The largest absolute Gasteiger partial charge is 0.492 e. The Bertz CT molecular complexity index is 634. The molecule has 1 aromatic carbocycles. The predicted octanol–water partition coefficient (Wildman–Crippen LogP) is 1.96. The maximum atomic E-state index is 12.3. The molecule has 1 aromatic heterocycles. The van der Waals surface area contributed by atoms with Crippen molar-refractivity contribution >= 4 is 17.3 Å². The molecule has 2 rings (SSSR count). The summed E-state index contributed by atoms with van der Waals surface area (Å²) in [4.78, 5) is 12.3. The second-order valence-corrected chi connectivity index (χ2v) is 4.35. The third-order valence-corrected chi connectivity index (χ3v) is 2.92. The zero-order valence-corrected chi connectivity index (χ0v) is 11.8. The van der Waals surface area contributed by atoms with Gasteiger partial charge in [0.2, 0.25) is 0 Å². The molecule has 2 aromatic rings. The summed E-state index contributed by atoms with van der Waals surface area (Å²) in [6.45, 7) is 4.18. The lowest BCUT2D eigenvalue weighted by atomic mass is 10.2. The molecule has 0 radical (unpaired) electrons. The van der Waals surface area contributed by atoms with Gasteiger partial charge in [0.15, 0.2) is 0 Å². The van der Waals surface area contributed by atoms with Gasteiger partial charge in [-0.15, -0.1) is 0 Å². The number of hydrogen-bond acceptors (Lipinski definition) is 4. The summed E-state index contributed by atoms with van der Waals surface area (Å²) < 4.78 is 6.95. The van der Waals surface area contributed by atoms with Crippen molar-refractivity contribution in [1.29, 1.82) is 0 Å². The number of carbonyl (C=O) groups is 1.